The van der Waals surface area contributed by atoms with E-state index in [-0.39, 0.29) is 0 Å². The minimum atomic E-state index is -0.818. The second-order valence-electron chi connectivity index (χ2n) is 6.04. The number of fused-ring (bicyclic) bond motifs is 1. The van der Waals surface area contributed by atoms with E-state index in [1.165, 1.54) is 6.21 Å². The molecule has 0 aliphatic carbocycles. The van der Waals surface area contributed by atoms with Crippen molar-refractivity contribution in [2.75, 3.05) is 5.32 Å². The summed E-state index contributed by atoms with van der Waals surface area (Å²) in [5, 5.41) is 8.60. The number of rotatable bonds is 3. The van der Waals surface area contributed by atoms with E-state index in [0.29, 0.717) is 5.69 Å². The second-order valence-corrected chi connectivity index (χ2v) is 6.04. The lowest BCUT2D eigenvalue weighted by molar-refractivity contribution is -0.136. The van der Waals surface area contributed by atoms with Crippen LogP contribution in [-0.2, 0) is 9.59 Å². The Kier molecular flexibility index (Phi) is 5.08. The topological polar surface area (TPSA) is 70.6 Å². The van der Waals surface area contributed by atoms with Crippen LogP contribution in [0.3, 0.4) is 0 Å². The first-order valence-corrected chi connectivity index (χ1v) is 8.24. The first-order chi connectivity index (χ1) is 12.5. The number of carbonyl (C=O) groups is 2. The molecule has 5 heteroatoms. The van der Waals surface area contributed by atoms with Crippen LogP contribution in [-0.4, -0.2) is 18.0 Å². The molecule has 26 heavy (non-hydrogen) atoms. The molecule has 0 unspecified atom stereocenters. The lowest BCUT2D eigenvalue weighted by Crippen LogP contribution is -2.32. The maximum Gasteiger partial charge on any atom is 0.329 e. The molecule has 0 aliphatic heterocycles. The van der Waals surface area contributed by atoms with Crippen LogP contribution in [0.4, 0.5) is 5.69 Å². The zero-order chi connectivity index (χ0) is 18.5. The maximum absolute atomic E-state index is 12.0. The average molecular weight is 345 g/mol. The summed E-state index contributed by atoms with van der Waals surface area (Å²) in [4.78, 5) is 23.9. The highest BCUT2D eigenvalue weighted by Crippen LogP contribution is 2.17. The molecule has 130 valence electrons. The van der Waals surface area contributed by atoms with Crippen molar-refractivity contribution >= 4 is 34.5 Å². The number of hydrogen-bond acceptors (Lipinski definition) is 3. The van der Waals surface area contributed by atoms with Gasteiger partial charge in [0.15, 0.2) is 0 Å². The molecule has 2 N–H and O–H groups in total. The third-order valence-electron chi connectivity index (χ3n) is 4.03. The van der Waals surface area contributed by atoms with Crippen molar-refractivity contribution in [3.05, 3.63) is 77.4 Å². The van der Waals surface area contributed by atoms with E-state index in [1.54, 1.807) is 6.07 Å². The van der Waals surface area contributed by atoms with Crippen LogP contribution in [0.25, 0.3) is 10.8 Å². The van der Waals surface area contributed by atoms with Gasteiger partial charge in [0.05, 0.1) is 6.21 Å². The van der Waals surface area contributed by atoms with E-state index < -0.39 is 11.8 Å². The molecule has 0 aromatic heterocycles. The highest BCUT2D eigenvalue weighted by molar-refractivity contribution is 6.39. The zero-order valence-electron chi connectivity index (χ0n) is 14.6. The number of nitrogens with zero attached hydrogens (tertiary/aromatic N) is 1. The molecule has 0 aliphatic rings. The predicted molar refractivity (Wildman–Crippen MR) is 104 cm³/mol. The molecule has 3 aromatic rings. The van der Waals surface area contributed by atoms with E-state index in [0.717, 1.165) is 27.5 Å². The third-order valence-corrected chi connectivity index (χ3v) is 4.03. The average Bonchev–Trinajstić information content (AvgIpc) is 2.64. The summed E-state index contributed by atoms with van der Waals surface area (Å²) >= 11 is 0. The molecular formula is C21H19N3O2. The normalized spacial score (nSPS) is 10.8. The van der Waals surface area contributed by atoms with Crippen LogP contribution < -0.4 is 10.7 Å². The van der Waals surface area contributed by atoms with Gasteiger partial charge in [0.1, 0.15) is 0 Å². The minimum Gasteiger partial charge on any atom is -0.317 e. The summed E-state index contributed by atoms with van der Waals surface area (Å²) in [6.07, 6.45) is 1.53. The van der Waals surface area contributed by atoms with Crippen molar-refractivity contribution in [1.82, 2.24) is 5.43 Å². The Balaban J connectivity index is 1.66. The van der Waals surface area contributed by atoms with Gasteiger partial charge in [-0.25, -0.2) is 5.43 Å². The van der Waals surface area contributed by atoms with E-state index in [2.05, 4.69) is 15.8 Å². The second kappa shape index (κ2) is 7.61. The molecule has 0 bridgehead atoms. The van der Waals surface area contributed by atoms with Crippen molar-refractivity contribution in [2.45, 2.75) is 13.8 Å². The summed E-state index contributed by atoms with van der Waals surface area (Å²) in [5.41, 5.74) is 5.71. The van der Waals surface area contributed by atoms with Crippen molar-refractivity contribution < 1.29 is 9.59 Å². The number of hydrogen-bond donors (Lipinski definition) is 2. The van der Waals surface area contributed by atoms with Gasteiger partial charge in [0.2, 0.25) is 0 Å². The summed E-state index contributed by atoms with van der Waals surface area (Å²) in [6.45, 7) is 3.84. The fourth-order valence-electron chi connectivity index (χ4n) is 2.71. The first-order valence-electron chi connectivity index (χ1n) is 8.24. The van der Waals surface area contributed by atoms with Gasteiger partial charge in [-0.05, 0) is 36.2 Å². The fraction of sp³-hybridized carbons (Fsp3) is 0.0952. The first kappa shape index (κ1) is 17.4. The van der Waals surface area contributed by atoms with Crippen molar-refractivity contribution in [3.63, 3.8) is 0 Å². The van der Waals surface area contributed by atoms with Gasteiger partial charge in [-0.15, -0.1) is 0 Å². The number of anilines is 1. The number of amides is 2. The fourth-order valence-corrected chi connectivity index (χ4v) is 2.71. The predicted octanol–water partition coefficient (Wildman–Crippen LogP) is 3.55. The Morgan fingerprint density at radius 3 is 2.50 bits per heavy atom. The SMILES string of the molecule is Cc1ccc(NC(=O)C(=O)N/N=C/c2cccc3ccccc23)c(C)c1. The Labute approximate surface area is 151 Å². The Hall–Kier alpha value is -3.47. The van der Waals surface area contributed by atoms with Gasteiger partial charge < -0.3 is 5.32 Å². The quantitative estimate of drug-likeness (QED) is 0.433. The van der Waals surface area contributed by atoms with Gasteiger partial charge in [0, 0.05) is 11.3 Å². The number of nitrogens with one attached hydrogen (secondary N) is 2. The molecule has 0 saturated carbocycles. The van der Waals surface area contributed by atoms with Crippen molar-refractivity contribution in [1.29, 1.82) is 0 Å². The summed E-state index contributed by atoms with van der Waals surface area (Å²) < 4.78 is 0. The smallest absolute Gasteiger partial charge is 0.317 e. The highest BCUT2D eigenvalue weighted by Gasteiger charge is 2.13. The van der Waals surface area contributed by atoms with Crippen molar-refractivity contribution in [2.24, 2.45) is 5.10 Å². The Morgan fingerprint density at radius 1 is 0.923 bits per heavy atom. The number of carbonyl (C=O) groups excluding carboxylic acids is 2. The van der Waals surface area contributed by atoms with E-state index in [4.69, 9.17) is 0 Å². The monoisotopic (exact) mass is 345 g/mol. The van der Waals surface area contributed by atoms with Crippen LogP contribution in [0.2, 0.25) is 0 Å². The highest BCUT2D eigenvalue weighted by atomic mass is 16.2. The molecular weight excluding hydrogens is 326 g/mol. The number of aryl methyl sites for hydroxylation is 2. The third kappa shape index (κ3) is 3.95. The van der Waals surface area contributed by atoms with E-state index in [9.17, 15) is 9.59 Å². The molecule has 0 heterocycles. The van der Waals surface area contributed by atoms with Gasteiger partial charge in [0.25, 0.3) is 0 Å². The van der Waals surface area contributed by atoms with Gasteiger partial charge in [-0.3, -0.25) is 9.59 Å². The minimum absolute atomic E-state index is 0.605. The maximum atomic E-state index is 12.0. The Morgan fingerprint density at radius 2 is 1.69 bits per heavy atom. The van der Waals surface area contributed by atoms with Gasteiger partial charge >= 0.3 is 11.8 Å². The zero-order valence-corrected chi connectivity index (χ0v) is 14.6. The van der Waals surface area contributed by atoms with Crippen LogP contribution >= 0.6 is 0 Å². The van der Waals surface area contributed by atoms with Crippen LogP contribution in [0.1, 0.15) is 16.7 Å². The van der Waals surface area contributed by atoms with Crippen LogP contribution in [0.5, 0.6) is 0 Å². The standard InChI is InChI=1S/C21H19N3O2/c1-14-10-11-19(15(2)12-14)23-20(25)21(26)24-22-13-17-8-5-7-16-6-3-4-9-18(16)17/h3-13H,1-2H3,(H,23,25)(H,24,26)/b22-13+. The molecule has 3 aromatic carbocycles. The molecule has 0 atom stereocenters. The lowest BCUT2D eigenvalue weighted by Gasteiger charge is -2.08. The van der Waals surface area contributed by atoms with Crippen molar-refractivity contribution in [3.8, 4) is 0 Å². The number of hydrazone groups is 1. The van der Waals surface area contributed by atoms with Gasteiger partial charge in [-0.1, -0.05) is 60.2 Å². The van der Waals surface area contributed by atoms with Gasteiger partial charge in [-0.2, -0.15) is 5.10 Å². The summed E-state index contributed by atoms with van der Waals surface area (Å²) in [7, 11) is 0. The molecule has 5 nitrogen and oxygen atoms in total. The van der Waals surface area contributed by atoms with Crippen LogP contribution in [0, 0.1) is 13.8 Å². The lowest BCUT2D eigenvalue weighted by atomic mass is 10.1. The summed E-state index contributed by atoms with van der Waals surface area (Å²) in [6, 6.07) is 19.3. The molecule has 0 spiro atoms. The molecule has 3 rings (SSSR count). The number of benzene rings is 3. The molecule has 0 fully saturated rings. The largest absolute Gasteiger partial charge is 0.329 e. The van der Waals surface area contributed by atoms with E-state index in [1.807, 2.05) is 68.4 Å². The van der Waals surface area contributed by atoms with E-state index >= 15 is 0 Å². The molecule has 2 amide bonds. The van der Waals surface area contributed by atoms with Crippen LogP contribution in [0.15, 0.2) is 65.8 Å². The Bertz CT molecular complexity index is 1000. The molecule has 0 radical (unpaired) electrons. The summed E-state index contributed by atoms with van der Waals surface area (Å²) in [5.74, 6) is -1.58. The molecule has 0 saturated heterocycles.